The summed E-state index contributed by atoms with van der Waals surface area (Å²) in [5, 5.41) is 5.22. The summed E-state index contributed by atoms with van der Waals surface area (Å²) in [5.41, 5.74) is 0.663. The van der Waals surface area contributed by atoms with Crippen molar-refractivity contribution in [2.24, 2.45) is 0 Å². The molecule has 0 aliphatic carbocycles. The van der Waals surface area contributed by atoms with Crippen molar-refractivity contribution in [1.82, 2.24) is 14.8 Å². The van der Waals surface area contributed by atoms with Crippen LogP contribution in [0.5, 0.6) is 11.5 Å². The Morgan fingerprint density at radius 3 is 2.52 bits per heavy atom. The molecule has 0 saturated heterocycles. The highest BCUT2D eigenvalue weighted by molar-refractivity contribution is 6.31. The van der Waals surface area contributed by atoms with Crippen LogP contribution in [0.15, 0.2) is 67.1 Å². The highest BCUT2D eigenvalue weighted by Gasteiger charge is 2.43. The summed E-state index contributed by atoms with van der Waals surface area (Å²) < 4.78 is 19.3. The summed E-state index contributed by atoms with van der Waals surface area (Å²) in [7, 11) is 0. The van der Waals surface area contributed by atoms with Crippen LogP contribution in [0.4, 0.5) is 0 Å². The molecule has 0 saturated carbocycles. The van der Waals surface area contributed by atoms with E-state index in [1.807, 2.05) is 13.0 Å². The molecule has 0 amide bonds. The number of aromatic nitrogens is 3. The van der Waals surface area contributed by atoms with Crippen molar-refractivity contribution in [1.29, 1.82) is 0 Å². The second-order valence-corrected chi connectivity index (χ2v) is 6.84. The largest absolute Gasteiger partial charge is 0.457 e. The zero-order chi connectivity index (χ0) is 18.9. The first kappa shape index (κ1) is 17.7. The molecule has 27 heavy (non-hydrogen) atoms. The van der Waals surface area contributed by atoms with Gasteiger partial charge in [0, 0.05) is 5.02 Å². The Labute approximate surface area is 165 Å². The maximum absolute atomic E-state index is 6.55. The van der Waals surface area contributed by atoms with Crippen molar-refractivity contribution < 1.29 is 14.2 Å². The Bertz CT molecular complexity index is 974. The van der Waals surface area contributed by atoms with E-state index >= 15 is 0 Å². The molecule has 8 heteroatoms. The molecule has 0 unspecified atom stereocenters. The van der Waals surface area contributed by atoms with Gasteiger partial charge >= 0.3 is 0 Å². The summed E-state index contributed by atoms with van der Waals surface area (Å²) in [6.45, 7) is 2.10. The summed E-state index contributed by atoms with van der Waals surface area (Å²) in [4.78, 5) is 3.96. The monoisotopic (exact) mass is 403 g/mol. The topological polar surface area (TPSA) is 58.4 Å². The van der Waals surface area contributed by atoms with Crippen LogP contribution >= 0.6 is 23.2 Å². The number of benzene rings is 2. The summed E-state index contributed by atoms with van der Waals surface area (Å²) >= 11 is 12.4. The van der Waals surface area contributed by atoms with Gasteiger partial charge in [-0.1, -0.05) is 23.2 Å². The van der Waals surface area contributed by atoms with E-state index in [2.05, 4.69) is 10.1 Å². The molecule has 6 nitrogen and oxygen atoms in total. The maximum Gasteiger partial charge on any atom is 0.298 e. The number of allylic oxidation sites excluding steroid dienone is 1. The third-order valence-electron chi connectivity index (χ3n) is 3.98. The minimum atomic E-state index is -1.12. The normalized spacial score (nSPS) is 18.6. The van der Waals surface area contributed by atoms with E-state index in [4.69, 9.17) is 37.4 Å². The van der Waals surface area contributed by atoms with Gasteiger partial charge in [0.1, 0.15) is 42.7 Å². The fourth-order valence-electron chi connectivity index (χ4n) is 2.79. The van der Waals surface area contributed by atoms with Crippen LogP contribution < -0.4 is 4.74 Å². The lowest BCUT2D eigenvalue weighted by Crippen LogP contribution is -2.33. The van der Waals surface area contributed by atoms with Crippen LogP contribution in [0.3, 0.4) is 0 Å². The zero-order valence-electron chi connectivity index (χ0n) is 14.3. The van der Waals surface area contributed by atoms with Crippen molar-refractivity contribution in [3.05, 3.63) is 82.7 Å². The SMILES string of the molecule is CC1=CO[C@](Cn2cncn2)(c2ccc(Oc3ccc(Cl)cc3)cc2Cl)O1. The predicted molar refractivity (Wildman–Crippen MR) is 101 cm³/mol. The molecule has 0 fully saturated rings. The number of nitrogens with zero attached hydrogens (tertiary/aromatic N) is 3. The molecule has 0 N–H and O–H groups in total. The van der Waals surface area contributed by atoms with Gasteiger partial charge in [0.25, 0.3) is 5.79 Å². The number of hydrogen-bond acceptors (Lipinski definition) is 5. The summed E-state index contributed by atoms with van der Waals surface area (Å²) in [6.07, 6.45) is 4.60. The molecule has 138 valence electrons. The van der Waals surface area contributed by atoms with E-state index in [0.29, 0.717) is 32.9 Å². The molecule has 2 aromatic carbocycles. The lowest BCUT2D eigenvalue weighted by atomic mass is 10.1. The Kier molecular flexibility index (Phi) is 4.68. The van der Waals surface area contributed by atoms with Gasteiger partial charge in [-0.2, -0.15) is 5.10 Å². The third kappa shape index (κ3) is 3.72. The molecular weight excluding hydrogens is 389 g/mol. The second-order valence-electron chi connectivity index (χ2n) is 5.99. The van der Waals surface area contributed by atoms with E-state index in [-0.39, 0.29) is 6.54 Å². The van der Waals surface area contributed by atoms with Crippen molar-refractivity contribution in [3.63, 3.8) is 0 Å². The zero-order valence-corrected chi connectivity index (χ0v) is 15.8. The van der Waals surface area contributed by atoms with Gasteiger partial charge in [-0.25, -0.2) is 9.67 Å². The predicted octanol–water partition coefficient (Wildman–Crippen LogP) is 5.14. The van der Waals surface area contributed by atoms with E-state index in [0.717, 1.165) is 0 Å². The van der Waals surface area contributed by atoms with Crippen LogP contribution in [0.25, 0.3) is 0 Å². The molecule has 1 aliphatic heterocycles. The molecule has 4 rings (SSSR count). The Morgan fingerprint density at radius 1 is 1.11 bits per heavy atom. The fourth-order valence-corrected chi connectivity index (χ4v) is 3.23. The summed E-state index contributed by atoms with van der Waals surface area (Å²) in [6, 6.07) is 12.4. The van der Waals surface area contributed by atoms with Gasteiger partial charge in [0.15, 0.2) is 0 Å². The van der Waals surface area contributed by atoms with Gasteiger partial charge in [0.2, 0.25) is 0 Å². The fraction of sp³-hybridized carbons (Fsp3) is 0.158. The molecule has 2 heterocycles. The highest BCUT2D eigenvalue weighted by atomic mass is 35.5. The van der Waals surface area contributed by atoms with Gasteiger partial charge in [0.05, 0.1) is 10.6 Å². The molecule has 1 aliphatic rings. The third-order valence-corrected chi connectivity index (χ3v) is 4.54. The smallest absolute Gasteiger partial charge is 0.298 e. The number of rotatable bonds is 5. The van der Waals surface area contributed by atoms with Crippen LogP contribution in [-0.4, -0.2) is 14.8 Å². The van der Waals surface area contributed by atoms with Crippen LogP contribution in [0.2, 0.25) is 10.0 Å². The lowest BCUT2D eigenvalue weighted by Gasteiger charge is -2.29. The molecular formula is C19H15Cl2N3O3. The van der Waals surface area contributed by atoms with Gasteiger partial charge in [-0.05, 0) is 49.4 Å². The number of ether oxygens (including phenoxy) is 3. The van der Waals surface area contributed by atoms with Gasteiger partial charge in [-0.15, -0.1) is 0 Å². The molecule has 0 bridgehead atoms. The number of hydrogen-bond donors (Lipinski definition) is 0. The van der Waals surface area contributed by atoms with E-state index in [1.165, 1.54) is 6.33 Å². The Morgan fingerprint density at radius 2 is 1.89 bits per heavy atom. The molecule has 1 atom stereocenters. The maximum atomic E-state index is 6.55. The first-order valence-corrected chi connectivity index (χ1v) is 8.89. The lowest BCUT2D eigenvalue weighted by molar-refractivity contribution is -0.168. The Hall–Kier alpha value is -2.70. The van der Waals surface area contributed by atoms with Crippen molar-refractivity contribution >= 4 is 23.2 Å². The molecule has 1 aromatic heterocycles. The van der Waals surface area contributed by atoms with Crippen molar-refractivity contribution in [3.8, 4) is 11.5 Å². The minimum absolute atomic E-state index is 0.290. The van der Waals surface area contributed by atoms with E-state index < -0.39 is 5.79 Å². The standard InChI is InChI=1S/C19H15Cl2N3O3/c1-13-9-25-19(27-13,10-24-12-22-11-23-24)17-7-6-16(8-18(17)21)26-15-4-2-14(20)3-5-15/h2-9,11-12H,10H2,1H3/t19-/m0/s1. The van der Waals surface area contributed by atoms with Crippen molar-refractivity contribution in [2.75, 3.05) is 0 Å². The average Bonchev–Trinajstić information content (AvgIpc) is 3.28. The van der Waals surface area contributed by atoms with Crippen molar-refractivity contribution in [2.45, 2.75) is 19.3 Å². The molecule has 3 aromatic rings. The van der Waals surface area contributed by atoms with E-state index in [9.17, 15) is 0 Å². The van der Waals surface area contributed by atoms with Gasteiger partial charge in [-0.3, -0.25) is 0 Å². The summed E-state index contributed by atoms with van der Waals surface area (Å²) in [5.74, 6) is 0.775. The number of halogens is 2. The molecule has 0 spiro atoms. The quantitative estimate of drug-likeness (QED) is 0.590. The minimum Gasteiger partial charge on any atom is -0.457 e. The highest BCUT2D eigenvalue weighted by Crippen LogP contribution is 2.41. The van der Waals surface area contributed by atoms with Crippen LogP contribution in [-0.2, 0) is 21.8 Å². The molecule has 0 radical (unpaired) electrons. The first-order valence-electron chi connectivity index (χ1n) is 8.13. The average molecular weight is 404 g/mol. The Balaban J connectivity index is 1.62. The van der Waals surface area contributed by atoms with Gasteiger partial charge < -0.3 is 14.2 Å². The van der Waals surface area contributed by atoms with Crippen LogP contribution in [0.1, 0.15) is 12.5 Å². The first-order chi connectivity index (χ1) is 13.0. The van der Waals surface area contributed by atoms with E-state index in [1.54, 1.807) is 53.7 Å². The van der Waals surface area contributed by atoms with Crippen LogP contribution in [0, 0.1) is 0 Å². The second kappa shape index (κ2) is 7.13.